The topological polar surface area (TPSA) is 85.9 Å². The van der Waals surface area contributed by atoms with Crippen LogP contribution in [0.1, 0.15) is 5.82 Å². The van der Waals surface area contributed by atoms with Crippen molar-refractivity contribution in [2.24, 2.45) is 7.05 Å². The van der Waals surface area contributed by atoms with Crippen molar-refractivity contribution in [2.45, 2.75) is 6.54 Å². The van der Waals surface area contributed by atoms with Gasteiger partial charge in [0.05, 0.1) is 15.9 Å². The Morgan fingerprint density at radius 2 is 2.33 bits per heavy atom. The zero-order valence-electron chi connectivity index (χ0n) is 9.50. The average Bonchev–Trinajstić information content (AvgIpc) is 2.73. The summed E-state index contributed by atoms with van der Waals surface area (Å²) >= 11 is 3.24. The van der Waals surface area contributed by atoms with E-state index in [4.69, 9.17) is 0 Å². The van der Waals surface area contributed by atoms with E-state index < -0.39 is 4.92 Å². The quantitative estimate of drug-likeness (QED) is 0.690. The number of rotatable bonds is 4. The highest BCUT2D eigenvalue weighted by Gasteiger charge is 2.17. The maximum Gasteiger partial charge on any atom is 0.311 e. The molecule has 0 radical (unpaired) electrons. The summed E-state index contributed by atoms with van der Waals surface area (Å²) in [5, 5.41) is 13.9. The number of pyridine rings is 1. The van der Waals surface area contributed by atoms with E-state index in [1.807, 2.05) is 17.8 Å². The molecule has 0 aromatic carbocycles. The van der Waals surface area contributed by atoms with E-state index in [0.717, 1.165) is 5.82 Å². The summed E-state index contributed by atoms with van der Waals surface area (Å²) < 4.78 is 2.39. The van der Waals surface area contributed by atoms with E-state index in [-0.39, 0.29) is 5.69 Å². The first-order valence-corrected chi connectivity index (χ1v) is 5.87. The normalized spacial score (nSPS) is 10.3. The lowest BCUT2D eigenvalue weighted by Crippen LogP contribution is -2.08. The van der Waals surface area contributed by atoms with Gasteiger partial charge in [-0.1, -0.05) is 0 Å². The molecule has 2 heterocycles. The molecule has 2 aromatic rings. The number of aromatic nitrogens is 3. The highest BCUT2D eigenvalue weighted by atomic mass is 79.9. The SMILES string of the molecule is Cn1ccnc1CNc1c(Br)cncc1[N+](=O)[O-]. The summed E-state index contributed by atoms with van der Waals surface area (Å²) in [5.41, 5.74) is 0.330. The number of nitro groups is 1. The van der Waals surface area contributed by atoms with Crippen molar-refractivity contribution in [3.8, 4) is 0 Å². The molecule has 0 fully saturated rings. The van der Waals surface area contributed by atoms with Gasteiger partial charge in [0.2, 0.25) is 0 Å². The van der Waals surface area contributed by atoms with Gasteiger partial charge in [-0.25, -0.2) is 4.98 Å². The third-order valence-corrected chi connectivity index (χ3v) is 3.02. The molecular weight excluding hydrogens is 302 g/mol. The first-order chi connectivity index (χ1) is 8.59. The molecule has 0 amide bonds. The molecule has 2 rings (SSSR count). The summed E-state index contributed by atoms with van der Waals surface area (Å²) in [5.74, 6) is 0.785. The Morgan fingerprint density at radius 3 is 2.94 bits per heavy atom. The molecule has 0 spiro atoms. The Balaban J connectivity index is 2.24. The molecule has 0 saturated carbocycles. The van der Waals surface area contributed by atoms with Gasteiger partial charge >= 0.3 is 5.69 Å². The summed E-state index contributed by atoms with van der Waals surface area (Å²) in [7, 11) is 1.86. The van der Waals surface area contributed by atoms with E-state index >= 15 is 0 Å². The van der Waals surface area contributed by atoms with Crippen LogP contribution in [0.25, 0.3) is 0 Å². The summed E-state index contributed by atoms with van der Waals surface area (Å²) in [4.78, 5) is 18.3. The summed E-state index contributed by atoms with van der Waals surface area (Å²) in [6.45, 7) is 0.396. The second kappa shape index (κ2) is 5.13. The van der Waals surface area contributed by atoms with Gasteiger partial charge in [-0.15, -0.1) is 0 Å². The van der Waals surface area contributed by atoms with Crippen LogP contribution in [0.5, 0.6) is 0 Å². The minimum atomic E-state index is -0.474. The minimum absolute atomic E-state index is 0.0708. The second-order valence-corrected chi connectivity index (χ2v) is 4.43. The Morgan fingerprint density at radius 1 is 1.56 bits per heavy atom. The Kier molecular flexibility index (Phi) is 3.56. The number of hydrogen-bond donors (Lipinski definition) is 1. The van der Waals surface area contributed by atoms with E-state index in [1.165, 1.54) is 12.4 Å². The van der Waals surface area contributed by atoms with Gasteiger partial charge in [0.15, 0.2) is 0 Å². The van der Waals surface area contributed by atoms with Gasteiger partial charge in [0.1, 0.15) is 17.7 Å². The third kappa shape index (κ3) is 2.48. The maximum absolute atomic E-state index is 10.9. The van der Waals surface area contributed by atoms with Crippen LogP contribution in [0.15, 0.2) is 29.3 Å². The molecule has 94 valence electrons. The van der Waals surface area contributed by atoms with Crippen LogP contribution in [0.3, 0.4) is 0 Å². The van der Waals surface area contributed by atoms with Crippen LogP contribution in [0, 0.1) is 10.1 Å². The number of halogens is 1. The van der Waals surface area contributed by atoms with E-state index in [2.05, 4.69) is 31.2 Å². The Labute approximate surface area is 111 Å². The minimum Gasteiger partial charge on any atom is -0.371 e. The van der Waals surface area contributed by atoms with Crippen molar-refractivity contribution >= 4 is 27.3 Å². The third-order valence-electron chi connectivity index (χ3n) is 2.42. The molecule has 0 aliphatic rings. The predicted octanol–water partition coefficient (Wildman–Crippen LogP) is 2.10. The van der Waals surface area contributed by atoms with Gasteiger partial charge in [0.25, 0.3) is 0 Å². The van der Waals surface area contributed by atoms with Gasteiger partial charge in [0, 0.05) is 25.6 Å². The predicted molar refractivity (Wildman–Crippen MR) is 69.1 cm³/mol. The molecule has 8 heteroatoms. The van der Waals surface area contributed by atoms with E-state index in [0.29, 0.717) is 16.7 Å². The molecule has 2 aromatic heterocycles. The lowest BCUT2D eigenvalue weighted by molar-refractivity contribution is -0.384. The van der Waals surface area contributed by atoms with Crippen molar-refractivity contribution in [2.75, 3.05) is 5.32 Å². The molecule has 7 nitrogen and oxygen atoms in total. The molecule has 0 saturated heterocycles. The van der Waals surface area contributed by atoms with Crippen molar-refractivity contribution in [3.05, 3.63) is 45.2 Å². The largest absolute Gasteiger partial charge is 0.371 e. The van der Waals surface area contributed by atoms with Gasteiger partial charge in [-0.3, -0.25) is 15.1 Å². The lowest BCUT2D eigenvalue weighted by atomic mass is 10.3. The lowest BCUT2D eigenvalue weighted by Gasteiger charge is -2.08. The standard InChI is InChI=1S/C10H10BrN5O2/c1-15-3-2-13-9(15)6-14-10-7(11)4-12-5-8(10)16(17)18/h2-5H,6H2,1H3,(H,12,14). The number of nitrogens with zero attached hydrogens (tertiary/aromatic N) is 4. The zero-order chi connectivity index (χ0) is 13.1. The van der Waals surface area contributed by atoms with Crippen LogP contribution in [0.4, 0.5) is 11.4 Å². The number of hydrogen-bond acceptors (Lipinski definition) is 5. The Hall–Kier alpha value is -1.96. The molecule has 0 aliphatic heterocycles. The fourth-order valence-corrected chi connectivity index (χ4v) is 1.93. The van der Waals surface area contributed by atoms with Crippen molar-refractivity contribution in [3.63, 3.8) is 0 Å². The number of aryl methyl sites for hydroxylation is 1. The summed E-state index contributed by atoms with van der Waals surface area (Å²) in [6, 6.07) is 0. The van der Waals surface area contributed by atoms with Crippen LogP contribution >= 0.6 is 15.9 Å². The van der Waals surface area contributed by atoms with Crippen molar-refractivity contribution in [1.29, 1.82) is 0 Å². The molecule has 1 N–H and O–H groups in total. The van der Waals surface area contributed by atoms with E-state index in [9.17, 15) is 10.1 Å². The summed E-state index contributed by atoms with van der Waals surface area (Å²) in [6.07, 6.45) is 6.21. The zero-order valence-corrected chi connectivity index (χ0v) is 11.1. The van der Waals surface area contributed by atoms with Crippen LogP contribution in [0.2, 0.25) is 0 Å². The number of anilines is 1. The van der Waals surface area contributed by atoms with E-state index in [1.54, 1.807) is 6.20 Å². The molecule has 18 heavy (non-hydrogen) atoms. The number of imidazole rings is 1. The highest BCUT2D eigenvalue weighted by molar-refractivity contribution is 9.10. The maximum atomic E-state index is 10.9. The van der Waals surface area contributed by atoms with Gasteiger partial charge in [-0.2, -0.15) is 0 Å². The molecular formula is C10H10BrN5O2. The van der Waals surface area contributed by atoms with Gasteiger partial charge in [-0.05, 0) is 15.9 Å². The molecule has 0 unspecified atom stereocenters. The van der Waals surface area contributed by atoms with Gasteiger partial charge < -0.3 is 9.88 Å². The average molecular weight is 312 g/mol. The molecule has 0 atom stereocenters. The molecule has 0 bridgehead atoms. The Bertz CT molecular complexity index is 583. The van der Waals surface area contributed by atoms with Crippen LogP contribution in [-0.2, 0) is 13.6 Å². The first kappa shape index (κ1) is 12.5. The second-order valence-electron chi connectivity index (χ2n) is 3.58. The fourth-order valence-electron chi connectivity index (χ4n) is 1.47. The van der Waals surface area contributed by atoms with Crippen LogP contribution in [-0.4, -0.2) is 19.5 Å². The monoisotopic (exact) mass is 311 g/mol. The van der Waals surface area contributed by atoms with Crippen molar-refractivity contribution < 1.29 is 4.92 Å². The number of nitrogens with one attached hydrogen (secondary N) is 1. The van der Waals surface area contributed by atoms with Crippen LogP contribution < -0.4 is 5.32 Å². The smallest absolute Gasteiger partial charge is 0.311 e. The van der Waals surface area contributed by atoms with Crippen molar-refractivity contribution in [1.82, 2.24) is 14.5 Å². The first-order valence-electron chi connectivity index (χ1n) is 5.07. The fraction of sp³-hybridized carbons (Fsp3) is 0.200. The molecule has 0 aliphatic carbocycles. The highest BCUT2D eigenvalue weighted by Crippen LogP contribution is 2.31.